The summed E-state index contributed by atoms with van der Waals surface area (Å²) in [5, 5.41) is 0. The molecule has 0 heterocycles. The number of esters is 2. The normalized spacial score (nSPS) is 13.2. The van der Waals surface area contributed by atoms with Gasteiger partial charge in [0.25, 0.3) is 0 Å². The maximum Gasteiger partial charge on any atom is 0.306 e. The van der Waals surface area contributed by atoms with E-state index in [1.807, 2.05) is 0 Å². The van der Waals surface area contributed by atoms with E-state index in [1.54, 1.807) is 0 Å². The number of carbonyl (C=O) groups is 2. The van der Waals surface area contributed by atoms with Crippen molar-refractivity contribution in [3.05, 3.63) is 122 Å². The van der Waals surface area contributed by atoms with Crippen molar-refractivity contribution in [1.82, 2.24) is 0 Å². The third kappa shape index (κ3) is 52.9. The van der Waals surface area contributed by atoms with Crippen LogP contribution < -0.4 is 0 Å². The molecule has 0 aromatic carbocycles. The molecule has 0 aromatic heterocycles. The van der Waals surface area contributed by atoms with Crippen LogP contribution in [0.3, 0.4) is 0 Å². The predicted molar refractivity (Wildman–Crippen MR) is 288 cm³/mol. The second-order valence-corrected chi connectivity index (χ2v) is 17.4. The lowest BCUT2D eigenvalue weighted by atomic mass is 10.1. The van der Waals surface area contributed by atoms with Crippen LogP contribution in [0.5, 0.6) is 0 Å². The fourth-order valence-corrected chi connectivity index (χ4v) is 6.99. The molecule has 0 spiro atoms. The largest absolute Gasteiger partial charge is 0.462 e. The molecule has 66 heavy (non-hydrogen) atoms. The topological polar surface area (TPSA) is 61.8 Å². The Morgan fingerprint density at radius 1 is 0.348 bits per heavy atom. The van der Waals surface area contributed by atoms with Gasteiger partial charge in [-0.15, -0.1) is 0 Å². The second-order valence-electron chi connectivity index (χ2n) is 17.4. The molecule has 0 N–H and O–H groups in total. The summed E-state index contributed by atoms with van der Waals surface area (Å²) in [5.41, 5.74) is 0. The smallest absolute Gasteiger partial charge is 0.306 e. The molecule has 0 aliphatic carbocycles. The Bertz CT molecular complexity index is 1350. The molecule has 374 valence electrons. The molecule has 0 amide bonds. The number of rotatable bonds is 48. The zero-order valence-electron chi connectivity index (χ0n) is 42.9. The van der Waals surface area contributed by atoms with Crippen LogP contribution in [0.2, 0.25) is 0 Å². The fraction of sp³-hybridized carbons (Fsp3) is 0.639. The molecule has 0 bridgehead atoms. The molecule has 0 fully saturated rings. The van der Waals surface area contributed by atoms with Crippen LogP contribution in [0.1, 0.15) is 226 Å². The molecule has 0 aliphatic heterocycles. The van der Waals surface area contributed by atoms with Crippen molar-refractivity contribution in [2.45, 2.75) is 232 Å². The summed E-state index contributed by atoms with van der Waals surface area (Å²) < 4.78 is 17.4. The third-order valence-corrected chi connectivity index (χ3v) is 11.0. The van der Waals surface area contributed by atoms with Crippen LogP contribution >= 0.6 is 0 Å². The first kappa shape index (κ1) is 62.3. The van der Waals surface area contributed by atoms with Crippen molar-refractivity contribution in [1.29, 1.82) is 0 Å². The fourth-order valence-electron chi connectivity index (χ4n) is 6.99. The highest BCUT2D eigenvalue weighted by molar-refractivity contribution is 5.70. The highest BCUT2D eigenvalue weighted by atomic mass is 16.6. The van der Waals surface area contributed by atoms with Gasteiger partial charge >= 0.3 is 11.9 Å². The summed E-state index contributed by atoms with van der Waals surface area (Å²) in [6.45, 7) is 7.49. The van der Waals surface area contributed by atoms with Crippen LogP contribution in [-0.4, -0.2) is 37.9 Å². The van der Waals surface area contributed by atoms with E-state index in [0.717, 1.165) is 128 Å². The van der Waals surface area contributed by atoms with Crippen molar-refractivity contribution < 1.29 is 23.8 Å². The standard InChI is InChI=1S/C61H100O5/c1-4-7-10-13-16-19-22-25-28-30-31-32-34-36-39-42-45-48-51-54-60(62)65-58-59(57-64-56-53-50-47-44-41-38-35-29-26-23-20-17-14-11-8-5-2)66-61(63)55-52-49-46-43-40-37-33-27-24-21-18-15-12-9-6-3/h7,9-10,12,16-21,25-29,31-33,36,39,59H,4-6,8,11,13-15,22-24,30,34-35,37-38,40-58H2,1-3H3/b10-7-,12-9-,19-16-,20-17-,21-18-,28-25-,29-26-,32-31-,33-27-,39-36-. The molecule has 0 rings (SSSR count). The van der Waals surface area contributed by atoms with E-state index < -0.39 is 6.10 Å². The Labute approximate surface area is 407 Å². The molecule has 0 saturated carbocycles. The molecular formula is C61H100O5. The van der Waals surface area contributed by atoms with Gasteiger partial charge in [0.1, 0.15) is 6.61 Å². The van der Waals surface area contributed by atoms with Gasteiger partial charge in [0.15, 0.2) is 6.10 Å². The number of hydrogen-bond donors (Lipinski definition) is 0. The lowest BCUT2D eigenvalue weighted by molar-refractivity contribution is -0.163. The average molecular weight is 913 g/mol. The molecule has 5 nitrogen and oxygen atoms in total. The SMILES string of the molecule is CC/C=C\C/C=C\C/C=C\C/C=C\C/C=C\CCCCCC(=O)OCC(COCCCCCCCC/C=C\C/C=C\CCCCC)OC(=O)CCCCCCC/C=C\C/C=C\C/C=C\CC. The van der Waals surface area contributed by atoms with Crippen LogP contribution in [0.15, 0.2) is 122 Å². The Hall–Kier alpha value is -3.70. The van der Waals surface area contributed by atoms with Gasteiger partial charge in [-0.1, -0.05) is 206 Å². The molecular weight excluding hydrogens is 813 g/mol. The highest BCUT2D eigenvalue weighted by Crippen LogP contribution is 2.12. The van der Waals surface area contributed by atoms with Gasteiger partial charge in [0, 0.05) is 19.4 Å². The van der Waals surface area contributed by atoms with Crippen molar-refractivity contribution in [2.24, 2.45) is 0 Å². The molecule has 0 aliphatic rings. The number of ether oxygens (including phenoxy) is 3. The first-order chi connectivity index (χ1) is 32.6. The van der Waals surface area contributed by atoms with E-state index in [1.165, 1.54) is 64.2 Å². The Kier molecular flexibility index (Phi) is 52.5. The quantitative estimate of drug-likeness (QED) is 0.0346. The molecule has 5 heteroatoms. The lowest BCUT2D eigenvalue weighted by Gasteiger charge is -2.18. The van der Waals surface area contributed by atoms with E-state index in [4.69, 9.17) is 14.2 Å². The lowest BCUT2D eigenvalue weighted by Crippen LogP contribution is -2.30. The van der Waals surface area contributed by atoms with Gasteiger partial charge in [-0.3, -0.25) is 9.59 Å². The Morgan fingerprint density at radius 3 is 1.11 bits per heavy atom. The third-order valence-electron chi connectivity index (χ3n) is 11.0. The molecule has 0 saturated heterocycles. The van der Waals surface area contributed by atoms with Crippen molar-refractivity contribution in [2.75, 3.05) is 19.8 Å². The van der Waals surface area contributed by atoms with E-state index in [0.29, 0.717) is 19.4 Å². The monoisotopic (exact) mass is 913 g/mol. The minimum absolute atomic E-state index is 0.0491. The van der Waals surface area contributed by atoms with Gasteiger partial charge in [-0.2, -0.15) is 0 Å². The van der Waals surface area contributed by atoms with Crippen LogP contribution in [-0.2, 0) is 23.8 Å². The summed E-state index contributed by atoms with van der Waals surface area (Å²) >= 11 is 0. The van der Waals surface area contributed by atoms with Gasteiger partial charge in [0.2, 0.25) is 0 Å². The zero-order valence-corrected chi connectivity index (χ0v) is 42.9. The molecule has 0 radical (unpaired) electrons. The number of allylic oxidation sites excluding steroid dienone is 20. The summed E-state index contributed by atoms with van der Waals surface area (Å²) in [4.78, 5) is 25.5. The molecule has 1 unspecified atom stereocenters. The summed E-state index contributed by atoms with van der Waals surface area (Å²) in [6.07, 6.45) is 77.8. The van der Waals surface area contributed by atoms with Crippen molar-refractivity contribution in [3.63, 3.8) is 0 Å². The summed E-state index contributed by atoms with van der Waals surface area (Å²) in [6, 6.07) is 0. The predicted octanol–water partition coefficient (Wildman–Crippen LogP) is 18.6. The summed E-state index contributed by atoms with van der Waals surface area (Å²) in [7, 11) is 0. The molecule has 0 aromatic rings. The second kappa shape index (κ2) is 55.6. The zero-order chi connectivity index (χ0) is 47.7. The van der Waals surface area contributed by atoms with Gasteiger partial charge in [0.05, 0.1) is 6.61 Å². The minimum Gasteiger partial charge on any atom is -0.462 e. The van der Waals surface area contributed by atoms with Crippen LogP contribution in [0.4, 0.5) is 0 Å². The maximum absolute atomic E-state index is 12.8. The van der Waals surface area contributed by atoms with Crippen LogP contribution in [0.25, 0.3) is 0 Å². The average Bonchev–Trinajstić information content (AvgIpc) is 3.32. The summed E-state index contributed by atoms with van der Waals surface area (Å²) in [5.74, 6) is -0.466. The Balaban J connectivity index is 4.41. The first-order valence-electron chi connectivity index (χ1n) is 27.1. The van der Waals surface area contributed by atoms with Crippen LogP contribution in [0, 0.1) is 0 Å². The first-order valence-corrected chi connectivity index (χ1v) is 27.1. The van der Waals surface area contributed by atoms with Gasteiger partial charge in [-0.05, 0) is 128 Å². The van der Waals surface area contributed by atoms with E-state index >= 15 is 0 Å². The highest BCUT2D eigenvalue weighted by Gasteiger charge is 2.17. The van der Waals surface area contributed by atoms with Crippen molar-refractivity contribution >= 4 is 11.9 Å². The van der Waals surface area contributed by atoms with Gasteiger partial charge < -0.3 is 14.2 Å². The van der Waals surface area contributed by atoms with Crippen molar-refractivity contribution in [3.8, 4) is 0 Å². The molecule has 1 atom stereocenters. The van der Waals surface area contributed by atoms with E-state index in [9.17, 15) is 9.59 Å². The maximum atomic E-state index is 12.8. The van der Waals surface area contributed by atoms with E-state index in [-0.39, 0.29) is 25.2 Å². The number of unbranched alkanes of at least 4 members (excludes halogenated alkanes) is 17. The number of hydrogen-bond acceptors (Lipinski definition) is 5. The number of carbonyl (C=O) groups excluding carboxylic acids is 2. The Morgan fingerprint density at radius 2 is 0.682 bits per heavy atom. The van der Waals surface area contributed by atoms with Gasteiger partial charge in [-0.25, -0.2) is 0 Å². The minimum atomic E-state index is -0.573. The van der Waals surface area contributed by atoms with E-state index in [2.05, 4.69) is 142 Å².